The smallest absolute Gasteiger partial charge is 0.314 e. The number of hydrogen-bond acceptors (Lipinski definition) is 3. The highest BCUT2D eigenvalue weighted by atomic mass is 16.2. The number of anilines is 1. The van der Waals surface area contributed by atoms with Crippen molar-refractivity contribution in [1.29, 1.82) is 0 Å². The Hall–Kier alpha value is -3.41. The van der Waals surface area contributed by atoms with Crippen molar-refractivity contribution in [2.75, 3.05) is 18.0 Å². The Kier molecular flexibility index (Phi) is 3.84. The Morgan fingerprint density at radius 1 is 1.07 bits per heavy atom. The molecule has 3 heterocycles. The molecule has 1 saturated heterocycles. The maximum atomic E-state index is 13.5. The second-order valence-corrected chi connectivity index (χ2v) is 7.91. The van der Waals surface area contributed by atoms with Gasteiger partial charge in [-0.2, -0.15) is 0 Å². The molecule has 1 aromatic heterocycles. The van der Waals surface area contributed by atoms with Crippen molar-refractivity contribution in [2.24, 2.45) is 5.73 Å². The second-order valence-electron chi connectivity index (χ2n) is 7.91. The zero-order valence-corrected chi connectivity index (χ0v) is 16.3. The van der Waals surface area contributed by atoms with Crippen LogP contribution in [0.5, 0.6) is 0 Å². The van der Waals surface area contributed by atoms with Crippen molar-refractivity contribution >= 4 is 28.7 Å². The van der Waals surface area contributed by atoms with Gasteiger partial charge in [0.2, 0.25) is 0 Å². The van der Waals surface area contributed by atoms with Crippen LogP contribution in [-0.2, 0) is 5.54 Å². The fraction of sp³-hybridized carbons (Fsp3) is 0.261. The van der Waals surface area contributed by atoms with Crippen LogP contribution < -0.4 is 10.6 Å². The lowest BCUT2D eigenvalue weighted by atomic mass is 9.80. The van der Waals surface area contributed by atoms with Crippen LogP contribution in [0.4, 0.5) is 10.6 Å². The number of fused-ring (bicyclic) bond motifs is 3. The standard InChI is InChI=1S/C23H22N4O2/c1-15-6-7-16-8-9-20(25-19(16)14-15)27-21(28)17-4-2-3-5-18(17)23(27)10-12-26(13-11-23)22(24)29/h2-9,14H,10-13H2,1H3,(H2,24,29). The summed E-state index contributed by atoms with van der Waals surface area (Å²) in [5.74, 6) is 0.615. The van der Waals surface area contributed by atoms with Crippen LogP contribution in [0.15, 0.2) is 54.6 Å². The van der Waals surface area contributed by atoms with E-state index in [-0.39, 0.29) is 5.91 Å². The fourth-order valence-electron chi connectivity index (χ4n) is 4.76. The van der Waals surface area contributed by atoms with E-state index in [4.69, 9.17) is 10.7 Å². The molecule has 5 rings (SSSR count). The molecule has 6 heteroatoms. The molecule has 146 valence electrons. The minimum absolute atomic E-state index is 0.0346. The molecule has 0 atom stereocenters. The number of carbonyl (C=O) groups is 2. The van der Waals surface area contributed by atoms with Crippen LogP contribution in [0.1, 0.15) is 34.3 Å². The lowest BCUT2D eigenvalue weighted by Gasteiger charge is -2.44. The van der Waals surface area contributed by atoms with E-state index in [1.165, 1.54) is 0 Å². The quantitative estimate of drug-likeness (QED) is 0.694. The van der Waals surface area contributed by atoms with Crippen LogP contribution in [0.3, 0.4) is 0 Å². The number of rotatable bonds is 1. The molecular weight excluding hydrogens is 364 g/mol. The average molecular weight is 386 g/mol. The topological polar surface area (TPSA) is 79.5 Å². The summed E-state index contributed by atoms with van der Waals surface area (Å²) in [4.78, 5) is 33.5. The maximum absolute atomic E-state index is 13.5. The third-order valence-electron chi connectivity index (χ3n) is 6.25. The minimum atomic E-state index is -0.510. The van der Waals surface area contributed by atoms with Gasteiger partial charge >= 0.3 is 6.03 Å². The summed E-state index contributed by atoms with van der Waals surface area (Å²) >= 11 is 0. The van der Waals surface area contributed by atoms with Crippen molar-refractivity contribution in [1.82, 2.24) is 9.88 Å². The number of likely N-dealkylation sites (tertiary alicyclic amines) is 1. The van der Waals surface area contributed by atoms with Crippen LogP contribution in [0.2, 0.25) is 0 Å². The zero-order valence-electron chi connectivity index (χ0n) is 16.3. The van der Waals surface area contributed by atoms with Crippen LogP contribution in [0.25, 0.3) is 10.9 Å². The number of carbonyl (C=O) groups excluding carboxylic acids is 2. The molecule has 3 aromatic rings. The van der Waals surface area contributed by atoms with Gasteiger partial charge in [0, 0.05) is 24.0 Å². The van der Waals surface area contributed by atoms with Gasteiger partial charge in [0.1, 0.15) is 5.82 Å². The Bertz CT molecular complexity index is 1150. The Morgan fingerprint density at radius 3 is 2.55 bits per heavy atom. The first-order valence-electron chi connectivity index (χ1n) is 9.85. The summed E-state index contributed by atoms with van der Waals surface area (Å²) in [6, 6.07) is 17.4. The number of pyridine rings is 1. The largest absolute Gasteiger partial charge is 0.351 e. The van der Waals surface area contributed by atoms with Gasteiger partial charge in [-0.1, -0.05) is 30.3 Å². The molecule has 2 aromatic carbocycles. The summed E-state index contributed by atoms with van der Waals surface area (Å²) < 4.78 is 0. The van der Waals surface area contributed by atoms with Gasteiger partial charge < -0.3 is 10.6 Å². The molecule has 0 aliphatic carbocycles. The zero-order chi connectivity index (χ0) is 20.2. The summed E-state index contributed by atoms with van der Waals surface area (Å²) in [6.45, 7) is 3.06. The van der Waals surface area contributed by atoms with Crippen molar-refractivity contribution in [3.8, 4) is 0 Å². The normalized spacial score (nSPS) is 17.8. The van der Waals surface area contributed by atoms with Crippen LogP contribution in [0, 0.1) is 6.92 Å². The van der Waals surface area contributed by atoms with Crippen molar-refractivity contribution in [3.63, 3.8) is 0 Å². The predicted octanol–water partition coefficient (Wildman–Crippen LogP) is 3.57. The molecule has 29 heavy (non-hydrogen) atoms. The number of nitrogens with two attached hydrogens (primary N) is 1. The first-order valence-corrected chi connectivity index (χ1v) is 9.85. The molecular formula is C23H22N4O2. The van der Waals surface area contributed by atoms with Crippen molar-refractivity contribution in [3.05, 3.63) is 71.3 Å². The number of nitrogens with zero attached hydrogens (tertiary/aromatic N) is 3. The van der Waals surface area contributed by atoms with E-state index in [0.29, 0.717) is 37.3 Å². The van der Waals surface area contributed by atoms with Gasteiger partial charge in [-0.3, -0.25) is 9.69 Å². The molecule has 1 spiro atoms. The minimum Gasteiger partial charge on any atom is -0.351 e. The maximum Gasteiger partial charge on any atom is 0.314 e. The molecule has 2 N–H and O–H groups in total. The van der Waals surface area contributed by atoms with Gasteiger partial charge in [-0.15, -0.1) is 0 Å². The number of primary amides is 1. The Balaban J connectivity index is 1.65. The average Bonchev–Trinajstić information content (AvgIpc) is 2.96. The summed E-state index contributed by atoms with van der Waals surface area (Å²) in [7, 11) is 0. The van der Waals surface area contributed by atoms with Crippen LogP contribution in [-0.4, -0.2) is 34.9 Å². The van der Waals surface area contributed by atoms with Gasteiger partial charge in [-0.05, 0) is 55.2 Å². The lowest BCUT2D eigenvalue weighted by Crippen LogP contribution is -2.54. The molecule has 0 saturated carbocycles. The lowest BCUT2D eigenvalue weighted by molar-refractivity contribution is 0.0951. The number of amides is 3. The molecule has 1 fully saturated rings. The van der Waals surface area contributed by atoms with E-state index in [1.807, 2.05) is 60.4 Å². The number of urea groups is 1. The number of benzene rings is 2. The third-order valence-corrected chi connectivity index (χ3v) is 6.25. The SMILES string of the molecule is Cc1ccc2ccc(N3C(=O)c4ccccc4C34CCN(C(N)=O)CC4)nc2c1. The second kappa shape index (κ2) is 6.30. The first kappa shape index (κ1) is 17.7. The number of hydrogen-bond donors (Lipinski definition) is 1. The molecule has 0 bridgehead atoms. The van der Waals surface area contributed by atoms with E-state index in [2.05, 4.69) is 6.07 Å². The predicted molar refractivity (Wildman–Crippen MR) is 112 cm³/mol. The highest BCUT2D eigenvalue weighted by Crippen LogP contribution is 2.48. The Labute approximate surface area is 168 Å². The van der Waals surface area contributed by atoms with Gasteiger partial charge in [0.05, 0.1) is 11.1 Å². The number of aromatic nitrogens is 1. The molecule has 2 aliphatic rings. The van der Waals surface area contributed by atoms with Gasteiger partial charge in [0.25, 0.3) is 5.91 Å². The Morgan fingerprint density at radius 2 is 1.79 bits per heavy atom. The molecule has 6 nitrogen and oxygen atoms in total. The van der Waals surface area contributed by atoms with E-state index in [1.54, 1.807) is 4.90 Å². The van der Waals surface area contributed by atoms with E-state index >= 15 is 0 Å². The van der Waals surface area contributed by atoms with Crippen molar-refractivity contribution in [2.45, 2.75) is 25.3 Å². The monoisotopic (exact) mass is 386 g/mol. The van der Waals surface area contributed by atoms with E-state index in [9.17, 15) is 9.59 Å². The summed E-state index contributed by atoms with van der Waals surface area (Å²) in [5, 5.41) is 1.04. The van der Waals surface area contributed by atoms with E-state index in [0.717, 1.165) is 22.0 Å². The number of piperidine rings is 1. The summed E-state index contributed by atoms with van der Waals surface area (Å²) in [5.41, 5.74) is 8.71. The van der Waals surface area contributed by atoms with Gasteiger partial charge in [-0.25, -0.2) is 9.78 Å². The first-order chi connectivity index (χ1) is 14.0. The number of aryl methyl sites for hydroxylation is 1. The van der Waals surface area contributed by atoms with E-state index < -0.39 is 11.6 Å². The summed E-state index contributed by atoms with van der Waals surface area (Å²) in [6.07, 6.45) is 1.26. The van der Waals surface area contributed by atoms with Crippen LogP contribution >= 0.6 is 0 Å². The molecule has 0 radical (unpaired) electrons. The fourth-order valence-corrected chi connectivity index (χ4v) is 4.76. The van der Waals surface area contributed by atoms with Crippen molar-refractivity contribution < 1.29 is 9.59 Å². The highest BCUT2D eigenvalue weighted by molar-refractivity contribution is 6.12. The molecule has 2 aliphatic heterocycles. The van der Waals surface area contributed by atoms with Gasteiger partial charge in [0.15, 0.2) is 0 Å². The highest BCUT2D eigenvalue weighted by Gasteiger charge is 2.52. The molecule has 0 unspecified atom stereocenters. The third kappa shape index (κ3) is 2.59. The molecule has 3 amide bonds.